The first-order valence-corrected chi connectivity index (χ1v) is 7.79. The molecule has 0 aliphatic heterocycles. The van der Waals surface area contributed by atoms with Crippen molar-refractivity contribution in [3.05, 3.63) is 30.1 Å². The SMILES string of the molecule is COCCNC(=O)c1cnc(Nc2cc(OC)c(OC)c(OC)c2)nc1. The van der Waals surface area contributed by atoms with Crippen LogP contribution >= 0.6 is 0 Å². The second kappa shape index (κ2) is 9.42. The Kier molecular flexibility index (Phi) is 6.98. The Morgan fingerprint density at radius 1 is 1.00 bits per heavy atom. The molecule has 1 aromatic heterocycles. The van der Waals surface area contributed by atoms with Crippen molar-refractivity contribution in [2.75, 3.05) is 46.9 Å². The first kappa shape index (κ1) is 19.3. The highest BCUT2D eigenvalue weighted by Gasteiger charge is 2.14. The van der Waals surface area contributed by atoms with E-state index in [4.69, 9.17) is 18.9 Å². The number of aromatic nitrogens is 2. The predicted molar refractivity (Wildman–Crippen MR) is 95.6 cm³/mol. The van der Waals surface area contributed by atoms with E-state index in [2.05, 4.69) is 20.6 Å². The Balaban J connectivity index is 2.12. The number of carbonyl (C=O) groups is 1. The highest BCUT2D eigenvalue weighted by Crippen LogP contribution is 2.40. The fraction of sp³-hybridized carbons (Fsp3) is 0.353. The first-order valence-electron chi connectivity index (χ1n) is 7.79. The van der Waals surface area contributed by atoms with E-state index in [-0.39, 0.29) is 5.91 Å². The summed E-state index contributed by atoms with van der Waals surface area (Å²) in [7, 11) is 6.18. The summed E-state index contributed by atoms with van der Waals surface area (Å²) in [6.07, 6.45) is 2.88. The van der Waals surface area contributed by atoms with Gasteiger partial charge in [-0.3, -0.25) is 4.79 Å². The molecule has 0 saturated heterocycles. The number of hydrogen-bond donors (Lipinski definition) is 2. The van der Waals surface area contributed by atoms with Crippen LogP contribution in [0.4, 0.5) is 11.6 Å². The number of benzene rings is 1. The highest BCUT2D eigenvalue weighted by molar-refractivity contribution is 5.93. The Morgan fingerprint density at radius 2 is 1.62 bits per heavy atom. The second-order valence-corrected chi connectivity index (χ2v) is 5.08. The van der Waals surface area contributed by atoms with Gasteiger partial charge in [-0.2, -0.15) is 0 Å². The van der Waals surface area contributed by atoms with E-state index in [1.165, 1.54) is 33.7 Å². The van der Waals surface area contributed by atoms with Crippen LogP contribution in [0.15, 0.2) is 24.5 Å². The first-order chi connectivity index (χ1) is 12.6. The third-order valence-electron chi connectivity index (χ3n) is 3.43. The van der Waals surface area contributed by atoms with Crippen molar-refractivity contribution in [1.29, 1.82) is 0 Å². The van der Waals surface area contributed by atoms with Crippen LogP contribution in [0.25, 0.3) is 0 Å². The number of amides is 1. The third-order valence-corrected chi connectivity index (χ3v) is 3.43. The van der Waals surface area contributed by atoms with Gasteiger partial charge in [0.2, 0.25) is 11.7 Å². The zero-order chi connectivity index (χ0) is 18.9. The van der Waals surface area contributed by atoms with Gasteiger partial charge in [0.1, 0.15) is 0 Å². The van der Waals surface area contributed by atoms with Gasteiger partial charge in [0.15, 0.2) is 11.5 Å². The number of anilines is 2. The van der Waals surface area contributed by atoms with Crippen LogP contribution in [0.2, 0.25) is 0 Å². The van der Waals surface area contributed by atoms with Crippen LogP contribution in [-0.2, 0) is 4.74 Å². The van der Waals surface area contributed by atoms with Crippen molar-refractivity contribution >= 4 is 17.5 Å². The largest absolute Gasteiger partial charge is 0.493 e. The van der Waals surface area contributed by atoms with Gasteiger partial charge in [0.25, 0.3) is 5.91 Å². The van der Waals surface area contributed by atoms with Crippen molar-refractivity contribution in [2.24, 2.45) is 0 Å². The van der Waals surface area contributed by atoms with E-state index in [1.807, 2.05) is 0 Å². The number of nitrogens with zero attached hydrogens (tertiary/aromatic N) is 2. The van der Waals surface area contributed by atoms with Crippen LogP contribution in [-0.4, -0.2) is 57.5 Å². The average molecular weight is 362 g/mol. The summed E-state index contributed by atoms with van der Waals surface area (Å²) in [6.45, 7) is 0.855. The smallest absolute Gasteiger partial charge is 0.254 e. The molecule has 0 bridgehead atoms. The lowest BCUT2D eigenvalue weighted by atomic mass is 10.2. The minimum Gasteiger partial charge on any atom is -0.493 e. The van der Waals surface area contributed by atoms with Gasteiger partial charge in [0.05, 0.1) is 33.5 Å². The van der Waals surface area contributed by atoms with Crippen LogP contribution in [0.1, 0.15) is 10.4 Å². The molecule has 0 fully saturated rings. The lowest BCUT2D eigenvalue weighted by Gasteiger charge is -2.14. The van der Waals surface area contributed by atoms with Crippen molar-refractivity contribution in [1.82, 2.24) is 15.3 Å². The van der Waals surface area contributed by atoms with Gasteiger partial charge < -0.3 is 29.6 Å². The zero-order valence-corrected chi connectivity index (χ0v) is 15.2. The molecule has 9 nitrogen and oxygen atoms in total. The molecule has 1 amide bonds. The number of ether oxygens (including phenoxy) is 4. The van der Waals surface area contributed by atoms with Crippen molar-refractivity contribution < 1.29 is 23.7 Å². The van der Waals surface area contributed by atoms with E-state index in [9.17, 15) is 4.79 Å². The Hall–Kier alpha value is -3.07. The zero-order valence-electron chi connectivity index (χ0n) is 15.2. The molecule has 0 aliphatic rings. The molecule has 2 rings (SSSR count). The maximum absolute atomic E-state index is 11.9. The highest BCUT2D eigenvalue weighted by atomic mass is 16.5. The van der Waals surface area contributed by atoms with E-state index < -0.39 is 0 Å². The van der Waals surface area contributed by atoms with Gasteiger partial charge in [0, 0.05) is 43.9 Å². The lowest BCUT2D eigenvalue weighted by molar-refractivity contribution is 0.0936. The van der Waals surface area contributed by atoms with Crippen LogP contribution in [0, 0.1) is 0 Å². The lowest BCUT2D eigenvalue weighted by Crippen LogP contribution is -2.27. The summed E-state index contributed by atoms with van der Waals surface area (Å²) < 4.78 is 20.8. The molecule has 0 saturated carbocycles. The molecule has 1 heterocycles. The minimum absolute atomic E-state index is 0.263. The van der Waals surface area contributed by atoms with Crippen LogP contribution < -0.4 is 24.8 Å². The van der Waals surface area contributed by atoms with E-state index in [1.54, 1.807) is 19.2 Å². The normalized spacial score (nSPS) is 10.2. The molecular formula is C17H22N4O5. The summed E-state index contributed by atoms with van der Waals surface area (Å²) in [5.74, 6) is 1.56. The predicted octanol–water partition coefficient (Wildman–Crippen LogP) is 1.62. The van der Waals surface area contributed by atoms with Crippen LogP contribution in [0.3, 0.4) is 0 Å². The minimum atomic E-state index is -0.263. The quantitative estimate of drug-likeness (QED) is 0.649. The molecular weight excluding hydrogens is 340 g/mol. The van der Waals surface area contributed by atoms with E-state index in [0.29, 0.717) is 47.6 Å². The standard InChI is InChI=1S/C17H22N4O5/c1-23-6-5-18-16(22)11-9-19-17(20-10-11)21-12-7-13(24-2)15(26-4)14(8-12)25-3/h7-10H,5-6H2,1-4H3,(H,18,22)(H,19,20,21). The average Bonchev–Trinajstić information content (AvgIpc) is 2.67. The topological polar surface area (TPSA) is 104 Å². The summed E-state index contributed by atoms with van der Waals surface area (Å²) >= 11 is 0. The van der Waals surface area contributed by atoms with Crippen LogP contribution in [0.5, 0.6) is 17.2 Å². The van der Waals surface area contributed by atoms with E-state index in [0.717, 1.165) is 0 Å². The fourth-order valence-corrected chi connectivity index (χ4v) is 2.16. The molecule has 2 N–H and O–H groups in total. The Morgan fingerprint density at radius 3 is 2.12 bits per heavy atom. The van der Waals surface area contributed by atoms with Gasteiger partial charge >= 0.3 is 0 Å². The molecule has 2 aromatic rings. The maximum Gasteiger partial charge on any atom is 0.254 e. The Labute approximate surface area is 151 Å². The molecule has 1 aromatic carbocycles. The van der Waals surface area contributed by atoms with Crippen molar-refractivity contribution in [3.8, 4) is 17.2 Å². The maximum atomic E-state index is 11.9. The molecule has 0 aliphatic carbocycles. The molecule has 26 heavy (non-hydrogen) atoms. The molecule has 0 radical (unpaired) electrons. The van der Waals surface area contributed by atoms with E-state index >= 15 is 0 Å². The number of methoxy groups -OCH3 is 4. The summed E-state index contributed by atoms with van der Waals surface area (Å²) in [5, 5.41) is 5.73. The van der Waals surface area contributed by atoms with Crippen molar-refractivity contribution in [2.45, 2.75) is 0 Å². The number of carbonyl (C=O) groups excluding carboxylic acids is 1. The second-order valence-electron chi connectivity index (χ2n) is 5.08. The summed E-state index contributed by atoms with van der Waals surface area (Å²) in [4.78, 5) is 20.2. The number of nitrogens with one attached hydrogen (secondary N) is 2. The van der Waals surface area contributed by atoms with Gasteiger partial charge in [-0.05, 0) is 0 Å². The molecule has 0 spiro atoms. The van der Waals surface area contributed by atoms with Crippen molar-refractivity contribution in [3.63, 3.8) is 0 Å². The van der Waals surface area contributed by atoms with Gasteiger partial charge in [-0.15, -0.1) is 0 Å². The fourth-order valence-electron chi connectivity index (χ4n) is 2.16. The summed E-state index contributed by atoms with van der Waals surface area (Å²) in [6, 6.07) is 3.46. The van der Waals surface area contributed by atoms with Gasteiger partial charge in [-0.1, -0.05) is 0 Å². The molecule has 9 heteroatoms. The summed E-state index contributed by atoms with van der Waals surface area (Å²) in [5.41, 5.74) is 1.01. The number of hydrogen-bond acceptors (Lipinski definition) is 8. The monoisotopic (exact) mass is 362 g/mol. The van der Waals surface area contributed by atoms with Gasteiger partial charge in [-0.25, -0.2) is 9.97 Å². The molecule has 0 unspecified atom stereocenters. The molecule has 0 atom stereocenters. The molecule has 140 valence electrons. The third kappa shape index (κ3) is 4.73. The Bertz CT molecular complexity index is 711. The number of rotatable bonds is 9.